The molecule has 1 saturated carbocycles. The van der Waals surface area contributed by atoms with E-state index in [0.29, 0.717) is 18.6 Å². The first-order valence-electron chi connectivity index (χ1n) is 10.5. The predicted molar refractivity (Wildman–Crippen MR) is 114 cm³/mol. The summed E-state index contributed by atoms with van der Waals surface area (Å²) in [5, 5.41) is 11.3. The van der Waals surface area contributed by atoms with E-state index >= 15 is 0 Å². The molecule has 7 nitrogen and oxygen atoms in total. The van der Waals surface area contributed by atoms with E-state index in [1.807, 2.05) is 11.1 Å². The minimum Gasteiger partial charge on any atom is -0.483 e. The monoisotopic (exact) mass is 400 g/mol. The molecule has 1 aromatic heterocycles. The Balaban J connectivity index is 0.000000755. The highest BCUT2D eigenvalue weighted by atomic mass is 16.3. The molecule has 1 unspecified atom stereocenters. The normalized spacial score (nSPS) is 17.4. The lowest BCUT2D eigenvalue weighted by molar-refractivity contribution is -0.122. The van der Waals surface area contributed by atoms with Crippen LogP contribution in [-0.2, 0) is 11.3 Å². The van der Waals surface area contributed by atoms with Crippen molar-refractivity contribution in [3.05, 3.63) is 36.0 Å². The molecule has 1 aliphatic heterocycles. The number of amides is 2. The van der Waals surface area contributed by atoms with Crippen LogP contribution in [0.5, 0.6) is 0 Å². The van der Waals surface area contributed by atoms with Gasteiger partial charge in [-0.1, -0.05) is 6.07 Å². The number of H-pyrrole nitrogens is 1. The number of aromatic amines is 1. The van der Waals surface area contributed by atoms with E-state index in [9.17, 15) is 4.79 Å². The number of hydrogen-bond acceptors (Lipinski definition) is 3. The van der Waals surface area contributed by atoms with Crippen molar-refractivity contribution in [1.82, 2.24) is 20.1 Å². The second-order valence-electron chi connectivity index (χ2n) is 7.98. The number of hydrogen-bond donors (Lipinski definition) is 3. The molecule has 0 bridgehead atoms. The molecule has 2 aliphatic rings. The molecule has 1 aromatic carbocycles. The van der Waals surface area contributed by atoms with Crippen LogP contribution < -0.4 is 5.32 Å². The van der Waals surface area contributed by atoms with E-state index in [1.54, 1.807) is 0 Å². The van der Waals surface area contributed by atoms with Crippen LogP contribution in [0.3, 0.4) is 0 Å². The van der Waals surface area contributed by atoms with Gasteiger partial charge in [-0.2, -0.15) is 0 Å². The topological polar surface area (TPSA) is 88.7 Å². The second kappa shape index (κ2) is 10.3. The lowest BCUT2D eigenvalue weighted by Crippen LogP contribution is -2.42. The number of aromatic nitrogens is 1. The summed E-state index contributed by atoms with van der Waals surface area (Å²) in [6.07, 6.45) is 7.88. The Morgan fingerprint density at radius 3 is 2.76 bits per heavy atom. The van der Waals surface area contributed by atoms with Crippen molar-refractivity contribution in [1.29, 1.82) is 0 Å². The fourth-order valence-corrected chi connectivity index (χ4v) is 4.01. The number of urea groups is 1. The van der Waals surface area contributed by atoms with Crippen molar-refractivity contribution in [2.24, 2.45) is 0 Å². The van der Waals surface area contributed by atoms with Crippen molar-refractivity contribution in [3.8, 4) is 0 Å². The van der Waals surface area contributed by atoms with E-state index < -0.39 is 0 Å². The number of fused-ring (bicyclic) bond motifs is 1. The average molecular weight is 401 g/mol. The number of carboxylic acid groups (broad SMARTS) is 1. The molecule has 2 aromatic rings. The minimum absolute atomic E-state index is 0.0929. The van der Waals surface area contributed by atoms with E-state index in [2.05, 4.69) is 46.4 Å². The Hall–Kier alpha value is -2.54. The highest BCUT2D eigenvalue weighted by Gasteiger charge is 2.32. The predicted octanol–water partition coefficient (Wildman–Crippen LogP) is 3.42. The Morgan fingerprint density at radius 2 is 2.07 bits per heavy atom. The third-order valence-corrected chi connectivity index (χ3v) is 5.82. The maximum Gasteiger partial charge on any atom is 0.317 e. The van der Waals surface area contributed by atoms with Gasteiger partial charge in [0.05, 0.1) is 0 Å². The fourth-order valence-electron chi connectivity index (χ4n) is 4.01. The molecule has 2 heterocycles. The molecule has 29 heavy (non-hydrogen) atoms. The third kappa shape index (κ3) is 5.97. The molecule has 3 N–H and O–H groups in total. The minimum atomic E-state index is -0.250. The number of likely N-dealkylation sites (tertiary alicyclic amines) is 1. The van der Waals surface area contributed by atoms with Crippen LogP contribution in [-0.4, -0.2) is 64.1 Å². The summed E-state index contributed by atoms with van der Waals surface area (Å²) in [7, 11) is 0. The summed E-state index contributed by atoms with van der Waals surface area (Å²) in [5.41, 5.74) is 2.34. The zero-order valence-electron chi connectivity index (χ0n) is 17.1. The van der Waals surface area contributed by atoms with Crippen molar-refractivity contribution in [3.63, 3.8) is 0 Å². The zero-order valence-corrected chi connectivity index (χ0v) is 17.1. The molecule has 0 radical (unpaired) electrons. The first-order valence-corrected chi connectivity index (χ1v) is 10.5. The van der Waals surface area contributed by atoms with Crippen molar-refractivity contribution in [2.45, 2.75) is 57.7 Å². The summed E-state index contributed by atoms with van der Waals surface area (Å²) in [6, 6.07) is 9.55. The van der Waals surface area contributed by atoms with Crippen LogP contribution in [0, 0.1) is 0 Å². The summed E-state index contributed by atoms with van der Waals surface area (Å²) in [4.78, 5) is 28.9. The quantitative estimate of drug-likeness (QED) is 0.622. The summed E-state index contributed by atoms with van der Waals surface area (Å²) >= 11 is 0. The van der Waals surface area contributed by atoms with Crippen LogP contribution in [0.2, 0.25) is 0 Å². The molecule has 1 saturated heterocycles. The Morgan fingerprint density at radius 1 is 1.34 bits per heavy atom. The Bertz CT molecular complexity index is 796. The summed E-state index contributed by atoms with van der Waals surface area (Å²) in [6.45, 7) is 5.91. The van der Waals surface area contributed by atoms with Crippen LogP contribution in [0.4, 0.5) is 4.79 Å². The standard InChI is InChI=1S/C21H30N4O.CH2O2/c1-16(24-12-2-3-13-24)8-10-23-21(26)25(19-5-6-19)15-17-4-7-20-18(14-17)9-11-22-20;2-1-3/h4,7,9,11,14,16,19,22H,2-3,5-6,8,10,12-13,15H2,1H3,(H,23,26);1H,(H,2,3). The first kappa shape index (κ1) is 21.2. The van der Waals surface area contributed by atoms with Gasteiger partial charge in [-0.25, -0.2) is 4.79 Å². The van der Waals surface area contributed by atoms with Gasteiger partial charge in [-0.05, 0) is 81.3 Å². The summed E-state index contributed by atoms with van der Waals surface area (Å²) < 4.78 is 0. The molecule has 1 atom stereocenters. The number of nitrogens with one attached hydrogen (secondary N) is 2. The molecule has 0 spiro atoms. The van der Waals surface area contributed by atoms with E-state index in [1.165, 1.54) is 36.9 Å². The average Bonchev–Trinajstić information content (AvgIpc) is 3.19. The largest absolute Gasteiger partial charge is 0.483 e. The highest BCUT2D eigenvalue weighted by molar-refractivity contribution is 5.80. The van der Waals surface area contributed by atoms with Gasteiger partial charge in [-0.3, -0.25) is 4.79 Å². The number of carbonyl (C=O) groups is 2. The molecule has 158 valence electrons. The van der Waals surface area contributed by atoms with Gasteiger partial charge in [0, 0.05) is 36.9 Å². The highest BCUT2D eigenvalue weighted by Crippen LogP contribution is 2.29. The summed E-state index contributed by atoms with van der Waals surface area (Å²) in [5.74, 6) is 0. The maximum atomic E-state index is 12.7. The van der Waals surface area contributed by atoms with Crippen molar-refractivity contribution >= 4 is 23.4 Å². The van der Waals surface area contributed by atoms with E-state index in [4.69, 9.17) is 9.90 Å². The van der Waals surface area contributed by atoms with Crippen molar-refractivity contribution < 1.29 is 14.7 Å². The van der Waals surface area contributed by atoms with Crippen LogP contribution in [0.1, 0.15) is 44.6 Å². The third-order valence-electron chi connectivity index (χ3n) is 5.82. The molecular weight excluding hydrogens is 368 g/mol. The first-order chi connectivity index (χ1) is 14.1. The lowest BCUT2D eigenvalue weighted by Gasteiger charge is -2.26. The van der Waals surface area contributed by atoms with Gasteiger partial charge in [0.25, 0.3) is 6.47 Å². The Kier molecular flexibility index (Phi) is 7.52. The number of rotatable bonds is 7. The molecule has 4 rings (SSSR count). The van der Waals surface area contributed by atoms with Gasteiger partial charge in [0.15, 0.2) is 0 Å². The smallest absolute Gasteiger partial charge is 0.317 e. The van der Waals surface area contributed by atoms with Crippen LogP contribution in [0.25, 0.3) is 10.9 Å². The van der Waals surface area contributed by atoms with Crippen LogP contribution in [0.15, 0.2) is 30.5 Å². The van der Waals surface area contributed by atoms with Gasteiger partial charge >= 0.3 is 6.03 Å². The molecule has 2 amide bonds. The van der Waals surface area contributed by atoms with E-state index in [-0.39, 0.29) is 12.5 Å². The molecular formula is C22H32N4O3. The van der Waals surface area contributed by atoms with Gasteiger partial charge < -0.3 is 25.2 Å². The van der Waals surface area contributed by atoms with Crippen molar-refractivity contribution in [2.75, 3.05) is 19.6 Å². The molecule has 1 aliphatic carbocycles. The van der Waals surface area contributed by atoms with E-state index in [0.717, 1.165) is 31.3 Å². The SMILES string of the molecule is CC(CCNC(=O)N(Cc1ccc2[nH]ccc2c1)C1CC1)N1CCCC1.O=CO. The molecule has 7 heteroatoms. The maximum absolute atomic E-state index is 12.7. The van der Waals surface area contributed by atoms with Gasteiger partial charge in [0.1, 0.15) is 0 Å². The zero-order chi connectivity index (χ0) is 20.6. The lowest BCUT2D eigenvalue weighted by atomic mass is 10.1. The molecule has 2 fully saturated rings. The number of nitrogens with zero attached hydrogens (tertiary/aromatic N) is 2. The van der Waals surface area contributed by atoms with Crippen LogP contribution >= 0.6 is 0 Å². The number of benzene rings is 1. The number of carbonyl (C=O) groups excluding carboxylic acids is 1. The Labute approximate surface area is 172 Å². The van der Waals surface area contributed by atoms with Gasteiger partial charge in [-0.15, -0.1) is 0 Å². The fraction of sp³-hybridized carbons (Fsp3) is 0.545. The van der Waals surface area contributed by atoms with Gasteiger partial charge in [0.2, 0.25) is 0 Å². The second-order valence-corrected chi connectivity index (χ2v) is 7.98.